The first-order valence-corrected chi connectivity index (χ1v) is 13.1. The standard InChI is InChI=1S/C30H34N2O3S/c1-18(2)25-12-11-19(3)15-27(25)35-14-13-31-29(33)28(36-30(31)34)17-24-16-21(5)32(23(24)7)26-10-8-9-20(4)22(26)6/h8-12,15-18H,13-14H2,1-7H3/b28-17-. The number of benzene rings is 2. The molecule has 6 heteroatoms. The molecule has 36 heavy (non-hydrogen) atoms. The van der Waals surface area contributed by atoms with E-state index in [9.17, 15) is 9.59 Å². The molecule has 0 spiro atoms. The smallest absolute Gasteiger partial charge is 0.293 e. The van der Waals surface area contributed by atoms with E-state index < -0.39 is 0 Å². The fraction of sp³-hybridized carbons (Fsp3) is 0.333. The number of amides is 2. The van der Waals surface area contributed by atoms with Gasteiger partial charge < -0.3 is 9.30 Å². The summed E-state index contributed by atoms with van der Waals surface area (Å²) in [6, 6.07) is 14.5. The lowest BCUT2D eigenvalue weighted by atomic mass is 10.0. The van der Waals surface area contributed by atoms with E-state index in [4.69, 9.17) is 4.74 Å². The van der Waals surface area contributed by atoms with Crippen molar-refractivity contribution in [2.45, 2.75) is 54.4 Å². The first kappa shape index (κ1) is 25.8. The third-order valence-corrected chi connectivity index (χ3v) is 7.72. The summed E-state index contributed by atoms with van der Waals surface area (Å²) in [5.41, 5.74) is 8.88. The molecule has 3 aromatic rings. The van der Waals surface area contributed by atoms with Gasteiger partial charge >= 0.3 is 0 Å². The normalized spacial score (nSPS) is 15.0. The fourth-order valence-electron chi connectivity index (χ4n) is 4.61. The zero-order chi connectivity index (χ0) is 26.1. The molecule has 0 unspecified atom stereocenters. The number of carbonyl (C=O) groups excluding carboxylic acids is 2. The van der Waals surface area contributed by atoms with Crippen molar-refractivity contribution < 1.29 is 14.3 Å². The highest BCUT2D eigenvalue weighted by molar-refractivity contribution is 8.18. The number of rotatable bonds is 7. The first-order valence-electron chi connectivity index (χ1n) is 12.3. The Hall–Kier alpha value is -3.25. The molecule has 2 heterocycles. The van der Waals surface area contributed by atoms with Crippen LogP contribution in [-0.4, -0.2) is 33.8 Å². The molecule has 0 N–H and O–H groups in total. The summed E-state index contributed by atoms with van der Waals surface area (Å²) < 4.78 is 8.23. The minimum Gasteiger partial charge on any atom is -0.491 e. The molecule has 0 bridgehead atoms. The summed E-state index contributed by atoms with van der Waals surface area (Å²) in [5.74, 6) is 0.869. The van der Waals surface area contributed by atoms with Crippen molar-refractivity contribution in [1.29, 1.82) is 0 Å². The van der Waals surface area contributed by atoms with Crippen LogP contribution in [0.2, 0.25) is 0 Å². The van der Waals surface area contributed by atoms with Crippen LogP contribution in [0.5, 0.6) is 5.75 Å². The molecule has 1 aliphatic rings. The molecule has 1 aromatic heterocycles. The van der Waals surface area contributed by atoms with Crippen LogP contribution < -0.4 is 4.74 Å². The highest BCUT2D eigenvalue weighted by Crippen LogP contribution is 2.34. The van der Waals surface area contributed by atoms with Crippen LogP contribution in [0.3, 0.4) is 0 Å². The second kappa shape index (κ2) is 10.4. The number of imide groups is 1. The Kier molecular flexibility index (Phi) is 7.46. The van der Waals surface area contributed by atoms with E-state index in [-0.39, 0.29) is 24.3 Å². The fourth-order valence-corrected chi connectivity index (χ4v) is 5.46. The van der Waals surface area contributed by atoms with Crippen LogP contribution >= 0.6 is 11.8 Å². The topological polar surface area (TPSA) is 51.5 Å². The number of thioether (sulfide) groups is 1. The molecule has 5 nitrogen and oxygen atoms in total. The lowest BCUT2D eigenvalue weighted by Crippen LogP contribution is -2.32. The van der Waals surface area contributed by atoms with Crippen LogP contribution in [0.15, 0.2) is 47.4 Å². The van der Waals surface area contributed by atoms with Gasteiger partial charge in [0.2, 0.25) is 0 Å². The molecule has 1 aliphatic heterocycles. The van der Waals surface area contributed by atoms with Crippen molar-refractivity contribution in [3.05, 3.63) is 86.6 Å². The Balaban J connectivity index is 1.51. The third-order valence-electron chi connectivity index (χ3n) is 6.81. The molecule has 4 rings (SSSR count). The number of nitrogens with zero attached hydrogens (tertiary/aromatic N) is 2. The van der Waals surface area contributed by atoms with Gasteiger partial charge in [-0.1, -0.05) is 38.1 Å². The molecular weight excluding hydrogens is 468 g/mol. The molecule has 2 aromatic carbocycles. The molecule has 0 atom stereocenters. The van der Waals surface area contributed by atoms with Crippen molar-refractivity contribution in [1.82, 2.24) is 9.47 Å². The number of hydrogen-bond donors (Lipinski definition) is 0. The lowest BCUT2D eigenvalue weighted by Gasteiger charge is -2.17. The predicted molar refractivity (Wildman–Crippen MR) is 148 cm³/mol. The average molecular weight is 503 g/mol. The SMILES string of the molecule is Cc1ccc(C(C)C)c(OCCN2C(=O)S/C(=C\c3cc(C)n(-c4cccc(C)c4C)c3C)C2=O)c1. The summed E-state index contributed by atoms with van der Waals surface area (Å²) in [6.07, 6.45) is 1.84. The van der Waals surface area contributed by atoms with Crippen molar-refractivity contribution in [3.63, 3.8) is 0 Å². The number of aromatic nitrogens is 1. The first-order chi connectivity index (χ1) is 17.1. The van der Waals surface area contributed by atoms with Crippen LogP contribution in [-0.2, 0) is 4.79 Å². The van der Waals surface area contributed by atoms with E-state index in [0.29, 0.717) is 10.8 Å². The summed E-state index contributed by atoms with van der Waals surface area (Å²) >= 11 is 0.992. The average Bonchev–Trinajstić information content (AvgIpc) is 3.24. The maximum atomic E-state index is 13.1. The second-order valence-electron chi connectivity index (χ2n) is 9.76. The Morgan fingerprint density at radius 3 is 2.47 bits per heavy atom. The van der Waals surface area contributed by atoms with Gasteiger partial charge in [0.25, 0.3) is 11.1 Å². The zero-order valence-electron chi connectivity index (χ0n) is 22.1. The lowest BCUT2D eigenvalue weighted by molar-refractivity contribution is -0.123. The Morgan fingerprint density at radius 1 is 1.00 bits per heavy atom. The van der Waals surface area contributed by atoms with E-state index in [1.807, 2.05) is 26.0 Å². The molecule has 0 radical (unpaired) electrons. The van der Waals surface area contributed by atoms with Gasteiger partial charge in [0.15, 0.2) is 0 Å². The quantitative estimate of drug-likeness (QED) is 0.319. The zero-order valence-corrected chi connectivity index (χ0v) is 23.0. The number of ether oxygens (including phenoxy) is 1. The number of aryl methyl sites for hydroxylation is 3. The van der Waals surface area contributed by atoms with E-state index in [2.05, 4.69) is 75.6 Å². The van der Waals surface area contributed by atoms with Gasteiger partial charge in [-0.25, -0.2) is 0 Å². The maximum Gasteiger partial charge on any atom is 0.293 e. The van der Waals surface area contributed by atoms with Crippen molar-refractivity contribution in [2.24, 2.45) is 0 Å². The molecule has 0 saturated carbocycles. The second-order valence-corrected chi connectivity index (χ2v) is 10.8. The minimum atomic E-state index is -0.265. The van der Waals surface area contributed by atoms with Gasteiger partial charge in [0, 0.05) is 17.1 Å². The largest absolute Gasteiger partial charge is 0.491 e. The Bertz CT molecular complexity index is 1370. The summed E-state index contributed by atoms with van der Waals surface area (Å²) in [5, 5.41) is -0.258. The highest BCUT2D eigenvalue weighted by atomic mass is 32.2. The Labute approximate surface area is 218 Å². The maximum absolute atomic E-state index is 13.1. The molecule has 1 saturated heterocycles. The molecule has 2 amide bonds. The van der Waals surface area contributed by atoms with Crippen LogP contribution in [0, 0.1) is 34.6 Å². The minimum absolute atomic E-state index is 0.217. The van der Waals surface area contributed by atoms with Crippen LogP contribution in [0.1, 0.15) is 59.0 Å². The summed E-state index contributed by atoms with van der Waals surface area (Å²) in [7, 11) is 0. The number of carbonyl (C=O) groups is 2. The monoisotopic (exact) mass is 502 g/mol. The molecule has 1 fully saturated rings. The Morgan fingerprint density at radius 2 is 1.75 bits per heavy atom. The van der Waals surface area contributed by atoms with E-state index in [0.717, 1.165) is 51.3 Å². The van der Waals surface area contributed by atoms with Gasteiger partial charge in [-0.15, -0.1) is 0 Å². The van der Waals surface area contributed by atoms with Crippen molar-refractivity contribution >= 4 is 29.0 Å². The predicted octanol–water partition coefficient (Wildman–Crippen LogP) is 7.26. The van der Waals surface area contributed by atoms with Crippen LogP contribution in [0.4, 0.5) is 4.79 Å². The van der Waals surface area contributed by atoms with E-state index in [1.165, 1.54) is 16.0 Å². The number of hydrogen-bond acceptors (Lipinski definition) is 4. The third kappa shape index (κ3) is 5.00. The summed E-state index contributed by atoms with van der Waals surface area (Å²) in [4.78, 5) is 27.5. The van der Waals surface area contributed by atoms with Gasteiger partial charge in [0.1, 0.15) is 12.4 Å². The van der Waals surface area contributed by atoms with Gasteiger partial charge in [0.05, 0.1) is 11.4 Å². The van der Waals surface area contributed by atoms with Gasteiger partial charge in [-0.3, -0.25) is 14.5 Å². The van der Waals surface area contributed by atoms with E-state index >= 15 is 0 Å². The molecule has 188 valence electrons. The summed E-state index contributed by atoms with van der Waals surface area (Å²) in [6.45, 7) is 15.1. The van der Waals surface area contributed by atoms with E-state index in [1.54, 1.807) is 0 Å². The highest BCUT2D eigenvalue weighted by Gasteiger charge is 2.35. The van der Waals surface area contributed by atoms with Crippen molar-refractivity contribution in [2.75, 3.05) is 13.2 Å². The van der Waals surface area contributed by atoms with Crippen LogP contribution in [0.25, 0.3) is 11.8 Å². The van der Waals surface area contributed by atoms with Gasteiger partial charge in [-0.05, 0) is 104 Å². The molecule has 0 aliphatic carbocycles. The van der Waals surface area contributed by atoms with Crippen molar-refractivity contribution in [3.8, 4) is 11.4 Å². The van der Waals surface area contributed by atoms with Gasteiger partial charge in [-0.2, -0.15) is 0 Å². The molecular formula is C30H34N2O3S.